The minimum atomic E-state index is -0.424. The highest BCUT2D eigenvalue weighted by Crippen LogP contribution is 2.10. The lowest BCUT2D eigenvalue weighted by Gasteiger charge is -2.01. The molecule has 0 aromatic rings. The van der Waals surface area contributed by atoms with Gasteiger partial charge in [-0.2, -0.15) is 0 Å². The van der Waals surface area contributed by atoms with E-state index in [0.29, 0.717) is 32.1 Å². The smallest absolute Gasteiger partial charge is 0.242 e. The fourth-order valence-corrected chi connectivity index (χ4v) is 1.18. The van der Waals surface area contributed by atoms with Crippen molar-refractivity contribution in [2.75, 3.05) is 6.61 Å². The second-order valence-electron chi connectivity index (χ2n) is 3.56. The van der Waals surface area contributed by atoms with Crippen LogP contribution in [-0.2, 0) is 0 Å². The first-order chi connectivity index (χ1) is 7.07. The molecule has 1 unspecified atom stereocenters. The van der Waals surface area contributed by atoms with Gasteiger partial charge in [-0.3, -0.25) is 10.1 Å². The van der Waals surface area contributed by atoms with Crippen LogP contribution in [0.2, 0.25) is 0 Å². The third-order valence-corrected chi connectivity index (χ3v) is 2.04. The maximum absolute atomic E-state index is 10.6. The zero-order valence-electron chi connectivity index (χ0n) is 9.06. The van der Waals surface area contributed by atoms with E-state index in [-0.39, 0.29) is 17.2 Å². The van der Waals surface area contributed by atoms with Gasteiger partial charge in [0.2, 0.25) is 5.70 Å². The molecule has 0 spiro atoms. The van der Waals surface area contributed by atoms with E-state index in [1.807, 2.05) is 0 Å². The van der Waals surface area contributed by atoms with E-state index in [2.05, 4.69) is 0 Å². The predicted octanol–water partition coefficient (Wildman–Crippen LogP) is 1.47. The summed E-state index contributed by atoms with van der Waals surface area (Å²) in [6, 6.07) is 0. The monoisotopic (exact) mass is 217 g/mol. The number of aliphatic hydroxyl groups is 2. The van der Waals surface area contributed by atoms with Gasteiger partial charge < -0.3 is 10.2 Å². The normalized spacial score (nSPS) is 13.9. The number of hydrogen-bond acceptors (Lipinski definition) is 4. The van der Waals surface area contributed by atoms with Crippen LogP contribution in [0.15, 0.2) is 11.8 Å². The molecule has 0 fully saturated rings. The number of nitro groups is 1. The summed E-state index contributed by atoms with van der Waals surface area (Å²) >= 11 is 0. The summed E-state index contributed by atoms with van der Waals surface area (Å²) in [6.45, 7) is 1.73. The summed E-state index contributed by atoms with van der Waals surface area (Å²) < 4.78 is 0. The van der Waals surface area contributed by atoms with Gasteiger partial charge in [-0.15, -0.1) is 0 Å². The average Bonchev–Trinajstić information content (AvgIpc) is 2.15. The van der Waals surface area contributed by atoms with Crippen molar-refractivity contribution in [1.82, 2.24) is 0 Å². The highest BCUT2D eigenvalue weighted by molar-refractivity contribution is 4.91. The number of hydrogen-bond donors (Lipinski definition) is 2. The van der Waals surface area contributed by atoms with E-state index in [0.717, 1.165) is 0 Å². The molecular formula is C10H19NO4. The quantitative estimate of drug-likeness (QED) is 0.366. The molecule has 0 saturated heterocycles. The molecule has 0 saturated carbocycles. The van der Waals surface area contributed by atoms with Crippen LogP contribution in [0, 0.1) is 10.1 Å². The number of unbranched alkanes of at least 4 members (excludes halogenated alkanes) is 1. The van der Waals surface area contributed by atoms with Gasteiger partial charge in [0.25, 0.3) is 0 Å². The van der Waals surface area contributed by atoms with Crippen molar-refractivity contribution in [2.45, 2.75) is 45.1 Å². The van der Waals surface area contributed by atoms with Crippen LogP contribution in [0.25, 0.3) is 0 Å². The van der Waals surface area contributed by atoms with Crippen molar-refractivity contribution >= 4 is 0 Å². The highest BCUT2D eigenvalue weighted by atomic mass is 16.6. The number of nitrogens with zero attached hydrogens (tertiary/aromatic N) is 1. The number of aliphatic hydroxyl groups excluding tert-OH is 2. The molecule has 0 rings (SSSR count). The van der Waals surface area contributed by atoms with E-state index >= 15 is 0 Å². The van der Waals surface area contributed by atoms with Crippen LogP contribution in [0.5, 0.6) is 0 Å². The summed E-state index contributed by atoms with van der Waals surface area (Å²) in [4.78, 5) is 10.2. The standard InChI is InChI=1S/C10H19NO4/c1-9(13)5-4-7-10(11(14)15)6-2-3-8-12/h7,9,12-13H,2-6,8H2,1H3/b10-7-. The van der Waals surface area contributed by atoms with Crippen molar-refractivity contribution in [3.05, 3.63) is 21.9 Å². The Hall–Kier alpha value is -0.940. The Morgan fingerprint density at radius 2 is 2.20 bits per heavy atom. The fraction of sp³-hybridized carbons (Fsp3) is 0.800. The summed E-state index contributed by atoms with van der Waals surface area (Å²) in [7, 11) is 0. The molecular weight excluding hydrogens is 198 g/mol. The van der Waals surface area contributed by atoms with E-state index in [1.54, 1.807) is 13.0 Å². The first-order valence-electron chi connectivity index (χ1n) is 5.20. The summed E-state index contributed by atoms with van der Waals surface area (Å²) in [5, 5.41) is 28.1. The molecule has 0 heterocycles. The average molecular weight is 217 g/mol. The minimum Gasteiger partial charge on any atom is -0.396 e. The first kappa shape index (κ1) is 14.1. The van der Waals surface area contributed by atoms with Crippen LogP contribution < -0.4 is 0 Å². The zero-order valence-corrected chi connectivity index (χ0v) is 9.06. The molecule has 2 N–H and O–H groups in total. The minimum absolute atomic E-state index is 0.0681. The summed E-state index contributed by atoms with van der Waals surface area (Å²) in [5.41, 5.74) is 0.184. The van der Waals surface area contributed by atoms with E-state index < -0.39 is 6.10 Å². The molecule has 0 aliphatic heterocycles. The SMILES string of the molecule is CC(O)CC/C=C(/CCCCO)[N+](=O)[O-]. The van der Waals surface area contributed by atoms with Crippen molar-refractivity contribution in [2.24, 2.45) is 0 Å². The van der Waals surface area contributed by atoms with Gasteiger partial charge in [0.1, 0.15) is 0 Å². The molecule has 0 amide bonds. The lowest BCUT2D eigenvalue weighted by molar-refractivity contribution is -0.428. The van der Waals surface area contributed by atoms with Crippen LogP contribution in [0.1, 0.15) is 39.0 Å². The molecule has 5 heteroatoms. The van der Waals surface area contributed by atoms with Crippen molar-refractivity contribution < 1.29 is 15.1 Å². The van der Waals surface area contributed by atoms with Gasteiger partial charge in [-0.25, -0.2) is 0 Å². The molecule has 0 aliphatic carbocycles. The van der Waals surface area contributed by atoms with Gasteiger partial charge in [0.15, 0.2) is 0 Å². The fourth-order valence-electron chi connectivity index (χ4n) is 1.18. The topological polar surface area (TPSA) is 83.6 Å². The Balaban J connectivity index is 3.96. The third kappa shape index (κ3) is 8.08. The first-order valence-corrected chi connectivity index (χ1v) is 5.20. The Morgan fingerprint density at radius 3 is 2.67 bits per heavy atom. The molecule has 0 aromatic carbocycles. The van der Waals surface area contributed by atoms with E-state index in [9.17, 15) is 10.1 Å². The number of rotatable bonds is 8. The van der Waals surface area contributed by atoms with Crippen molar-refractivity contribution in [3.63, 3.8) is 0 Å². The Bertz CT molecular complexity index is 213. The largest absolute Gasteiger partial charge is 0.396 e. The molecule has 0 aromatic heterocycles. The Morgan fingerprint density at radius 1 is 1.53 bits per heavy atom. The van der Waals surface area contributed by atoms with Crippen molar-refractivity contribution in [3.8, 4) is 0 Å². The molecule has 15 heavy (non-hydrogen) atoms. The second-order valence-corrected chi connectivity index (χ2v) is 3.56. The molecule has 0 aliphatic rings. The Labute approximate surface area is 89.6 Å². The maximum Gasteiger partial charge on any atom is 0.242 e. The molecule has 5 nitrogen and oxygen atoms in total. The van der Waals surface area contributed by atoms with Crippen LogP contribution in [0.3, 0.4) is 0 Å². The van der Waals surface area contributed by atoms with Gasteiger partial charge in [0.05, 0.1) is 11.0 Å². The van der Waals surface area contributed by atoms with Gasteiger partial charge in [0, 0.05) is 13.0 Å². The molecule has 0 bridgehead atoms. The Kier molecular flexibility index (Phi) is 7.85. The maximum atomic E-state index is 10.6. The zero-order chi connectivity index (χ0) is 11.7. The highest BCUT2D eigenvalue weighted by Gasteiger charge is 2.09. The van der Waals surface area contributed by atoms with Crippen LogP contribution >= 0.6 is 0 Å². The summed E-state index contributed by atoms with van der Waals surface area (Å²) in [5.74, 6) is 0. The molecule has 1 atom stereocenters. The lowest BCUT2D eigenvalue weighted by atomic mass is 10.1. The van der Waals surface area contributed by atoms with Gasteiger partial charge >= 0.3 is 0 Å². The number of allylic oxidation sites excluding steroid dienone is 2. The van der Waals surface area contributed by atoms with Crippen LogP contribution in [0.4, 0.5) is 0 Å². The third-order valence-electron chi connectivity index (χ3n) is 2.04. The second kappa shape index (κ2) is 8.38. The van der Waals surface area contributed by atoms with Crippen molar-refractivity contribution in [1.29, 1.82) is 0 Å². The van der Waals surface area contributed by atoms with E-state index in [4.69, 9.17) is 10.2 Å². The van der Waals surface area contributed by atoms with Gasteiger partial charge in [-0.05, 0) is 38.7 Å². The van der Waals surface area contributed by atoms with E-state index in [1.165, 1.54) is 0 Å². The van der Waals surface area contributed by atoms with Gasteiger partial charge in [-0.1, -0.05) is 0 Å². The summed E-state index contributed by atoms with van der Waals surface area (Å²) in [6.07, 6.45) is 3.79. The lowest BCUT2D eigenvalue weighted by Crippen LogP contribution is -2.02. The van der Waals surface area contributed by atoms with Crippen LogP contribution in [-0.4, -0.2) is 27.8 Å². The molecule has 0 radical (unpaired) electrons. The molecule has 88 valence electrons. The predicted molar refractivity (Wildman–Crippen MR) is 56.9 cm³/mol.